The second kappa shape index (κ2) is 8.21. The van der Waals surface area contributed by atoms with Gasteiger partial charge >= 0.3 is 0 Å². The summed E-state index contributed by atoms with van der Waals surface area (Å²) in [4.78, 5) is 56.0. The average molecular weight is 551 g/mol. The van der Waals surface area contributed by atoms with Crippen molar-refractivity contribution in [3.05, 3.63) is 76.1 Å². The number of piperidine rings is 1. The fraction of sp³-hybridized carbons (Fsp3) is 0.310. The number of anilines is 1. The summed E-state index contributed by atoms with van der Waals surface area (Å²) in [6, 6.07) is 5.36. The monoisotopic (exact) mass is 550 g/mol. The van der Waals surface area contributed by atoms with Gasteiger partial charge in [0.15, 0.2) is 11.6 Å². The topological polar surface area (TPSA) is 97.9 Å². The molecule has 3 aromatic carbocycles. The van der Waals surface area contributed by atoms with Crippen molar-refractivity contribution >= 4 is 40.1 Å². The van der Waals surface area contributed by atoms with Gasteiger partial charge in [0, 0.05) is 62.3 Å². The van der Waals surface area contributed by atoms with Crippen LogP contribution in [0.5, 0.6) is 0 Å². The number of nitrogens with zero attached hydrogens (tertiary/aromatic N) is 3. The first-order valence-electron chi connectivity index (χ1n) is 12.6. The molecule has 0 unspecified atom stereocenters. The average Bonchev–Trinajstić information content (AvgIpc) is 2.85. The van der Waals surface area contributed by atoms with E-state index in [0.29, 0.717) is 17.0 Å². The Balaban J connectivity index is 1.49. The molecule has 3 aliphatic rings. The molecule has 0 bridgehead atoms. The molecule has 8 nitrogen and oxygen atoms in total. The molecule has 40 heavy (non-hydrogen) atoms. The lowest BCUT2D eigenvalue weighted by molar-refractivity contribution is -0.292. The van der Waals surface area contributed by atoms with Crippen molar-refractivity contribution in [2.75, 3.05) is 4.90 Å². The van der Waals surface area contributed by atoms with Gasteiger partial charge in [-0.15, -0.1) is 10.3 Å². The Morgan fingerprint density at radius 3 is 1.45 bits per heavy atom. The summed E-state index contributed by atoms with van der Waals surface area (Å²) < 4.78 is 42.7. The molecule has 1 radical (unpaired) electrons. The number of amides is 4. The van der Waals surface area contributed by atoms with Crippen LogP contribution >= 0.6 is 0 Å². The fourth-order valence-electron chi connectivity index (χ4n) is 6.57. The number of carbonyl (C=O) groups is 4. The van der Waals surface area contributed by atoms with Crippen LogP contribution in [0.1, 0.15) is 82.0 Å². The van der Waals surface area contributed by atoms with E-state index < -0.39 is 63.9 Å². The van der Waals surface area contributed by atoms with Gasteiger partial charge in [0.2, 0.25) is 0 Å². The Kier molecular flexibility index (Phi) is 5.37. The second-order valence-electron chi connectivity index (χ2n) is 11.7. The molecule has 0 N–H and O–H groups in total. The summed E-state index contributed by atoms with van der Waals surface area (Å²) in [6.45, 7) is 7.01. The third-order valence-electron chi connectivity index (χ3n) is 8.07. The van der Waals surface area contributed by atoms with E-state index >= 15 is 0 Å². The predicted octanol–water partition coefficient (Wildman–Crippen LogP) is 5.02. The van der Waals surface area contributed by atoms with Crippen molar-refractivity contribution in [3.8, 4) is 0 Å². The SMILES string of the molecule is CC1(C)CC(N2C(=O)c3ccc4c5c(ccc(c35)C2=O)C(=O)N(c2c(F)cc(F)cc2F)C4=O)CC(C)(C)N1[O]. The summed E-state index contributed by atoms with van der Waals surface area (Å²) in [6.07, 6.45) is 0.486. The maximum atomic E-state index is 14.6. The molecular formula is C29H23F3N3O5. The summed E-state index contributed by atoms with van der Waals surface area (Å²) in [5.74, 6) is -7.53. The summed E-state index contributed by atoms with van der Waals surface area (Å²) in [5.41, 5.74) is -2.85. The number of halogens is 3. The number of hydrogen-bond donors (Lipinski definition) is 0. The van der Waals surface area contributed by atoms with Crippen molar-refractivity contribution in [2.45, 2.75) is 57.7 Å². The van der Waals surface area contributed by atoms with E-state index in [9.17, 15) is 37.6 Å². The van der Waals surface area contributed by atoms with Crippen LogP contribution < -0.4 is 4.90 Å². The molecule has 3 heterocycles. The normalized spacial score (nSPS) is 20.6. The lowest BCUT2D eigenvalue weighted by Gasteiger charge is -2.52. The van der Waals surface area contributed by atoms with Gasteiger partial charge in [0.25, 0.3) is 23.6 Å². The number of hydrogen-bond acceptors (Lipinski definition) is 5. The van der Waals surface area contributed by atoms with Crippen LogP contribution in [0, 0.1) is 17.5 Å². The Hall–Kier alpha value is -4.09. The van der Waals surface area contributed by atoms with Crippen LogP contribution in [0.25, 0.3) is 10.8 Å². The van der Waals surface area contributed by atoms with Crippen LogP contribution in [0.3, 0.4) is 0 Å². The minimum absolute atomic E-state index is 0.0283. The maximum absolute atomic E-state index is 14.6. The predicted molar refractivity (Wildman–Crippen MR) is 136 cm³/mol. The van der Waals surface area contributed by atoms with Gasteiger partial charge in [-0.25, -0.2) is 18.1 Å². The molecule has 6 rings (SSSR count). The highest BCUT2D eigenvalue weighted by Crippen LogP contribution is 2.44. The molecule has 205 valence electrons. The van der Waals surface area contributed by atoms with E-state index in [-0.39, 0.29) is 45.9 Å². The molecule has 0 atom stereocenters. The van der Waals surface area contributed by atoms with E-state index in [0.717, 1.165) is 9.96 Å². The molecule has 11 heteroatoms. The third kappa shape index (κ3) is 3.40. The minimum atomic E-state index is -1.44. The van der Waals surface area contributed by atoms with Crippen molar-refractivity contribution in [1.82, 2.24) is 9.96 Å². The van der Waals surface area contributed by atoms with Gasteiger partial charge in [-0.1, -0.05) is 0 Å². The number of benzene rings is 3. The van der Waals surface area contributed by atoms with E-state index in [2.05, 4.69) is 0 Å². The zero-order valence-electron chi connectivity index (χ0n) is 22.0. The number of hydroxylamine groups is 2. The molecule has 0 saturated carbocycles. The molecule has 0 spiro atoms. The largest absolute Gasteiger partial charge is 0.271 e. The summed E-state index contributed by atoms with van der Waals surface area (Å²) in [7, 11) is 0. The summed E-state index contributed by atoms with van der Waals surface area (Å²) >= 11 is 0. The number of rotatable bonds is 2. The molecule has 1 fully saturated rings. The highest BCUT2D eigenvalue weighted by Gasteiger charge is 2.51. The highest BCUT2D eigenvalue weighted by molar-refractivity contribution is 6.39. The van der Waals surface area contributed by atoms with Crippen LogP contribution in [-0.2, 0) is 5.21 Å². The number of carbonyl (C=O) groups excluding carboxylic acids is 4. The van der Waals surface area contributed by atoms with Gasteiger partial charge in [0.05, 0.1) is 0 Å². The molecule has 0 aliphatic carbocycles. The van der Waals surface area contributed by atoms with Gasteiger partial charge in [0.1, 0.15) is 11.5 Å². The molecule has 4 amide bonds. The lowest BCUT2D eigenvalue weighted by atomic mass is 9.77. The van der Waals surface area contributed by atoms with Crippen molar-refractivity contribution in [1.29, 1.82) is 0 Å². The van der Waals surface area contributed by atoms with Gasteiger partial charge in [-0.2, -0.15) is 0 Å². The Morgan fingerprint density at radius 1 is 0.675 bits per heavy atom. The molecule has 1 saturated heterocycles. The molecular weight excluding hydrogens is 527 g/mol. The van der Waals surface area contributed by atoms with E-state index in [1.54, 1.807) is 27.7 Å². The van der Waals surface area contributed by atoms with Gasteiger partial charge in [-0.05, 0) is 64.8 Å². The van der Waals surface area contributed by atoms with Gasteiger partial charge in [-0.3, -0.25) is 24.1 Å². The van der Waals surface area contributed by atoms with Crippen molar-refractivity contribution < 1.29 is 37.6 Å². The van der Waals surface area contributed by atoms with E-state index in [1.165, 1.54) is 24.3 Å². The molecule has 3 aromatic rings. The van der Waals surface area contributed by atoms with Crippen LogP contribution in [-0.4, -0.2) is 50.7 Å². The zero-order chi connectivity index (χ0) is 29.0. The maximum Gasteiger partial charge on any atom is 0.266 e. The van der Waals surface area contributed by atoms with Crippen LogP contribution in [0.2, 0.25) is 0 Å². The number of imide groups is 2. The zero-order valence-corrected chi connectivity index (χ0v) is 22.0. The first-order valence-corrected chi connectivity index (χ1v) is 12.6. The standard InChI is InChI=1S/C29H23F3N3O5/c1-28(2)11-14(12-29(3,4)35(28)40)33-24(36)15-5-7-17-22-18(8-6-16(21(15)22)25(33)37)27(39)34(26(17)38)23-19(31)9-13(30)10-20(23)32/h5-10,14H,11-12H2,1-4H3. The first-order chi connectivity index (χ1) is 18.7. The smallest absolute Gasteiger partial charge is 0.266 e. The first kappa shape index (κ1) is 26.1. The Labute approximate surface area is 226 Å². The minimum Gasteiger partial charge on any atom is -0.271 e. The third-order valence-corrected chi connectivity index (χ3v) is 8.07. The van der Waals surface area contributed by atoms with Crippen LogP contribution in [0.15, 0.2) is 36.4 Å². The molecule has 3 aliphatic heterocycles. The van der Waals surface area contributed by atoms with Crippen molar-refractivity contribution in [2.24, 2.45) is 0 Å². The highest BCUT2D eigenvalue weighted by atomic mass is 19.1. The van der Waals surface area contributed by atoms with Crippen molar-refractivity contribution in [3.63, 3.8) is 0 Å². The Morgan fingerprint density at radius 2 is 1.05 bits per heavy atom. The van der Waals surface area contributed by atoms with E-state index in [4.69, 9.17) is 0 Å². The molecule has 0 aromatic heterocycles. The van der Waals surface area contributed by atoms with E-state index in [1.807, 2.05) is 0 Å². The summed E-state index contributed by atoms with van der Waals surface area (Å²) in [5, 5.41) is 14.0. The van der Waals surface area contributed by atoms with Gasteiger partial charge < -0.3 is 0 Å². The Bertz CT molecular complexity index is 1600. The fourth-order valence-corrected chi connectivity index (χ4v) is 6.57. The second-order valence-corrected chi connectivity index (χ2v) is 11.7. The lowest BCUT2D eigenvalue weighted by Crippen LogP contribution is -2.64. The van der Waals surface area contributed by atoms with Crippen LogP contribution in [0.4, 0.5) is 18.9 Å². The quantitative estimate of drug-likeness (QED) is 0.418.